The predicted octanol–water partition coefficient (Wildman–Crippen LogP) is 1.03. The number of hydrogen-bond acceptors (Lipinski definition) is 4. The van der Waals surface area contributed by atoms with E-state index in [-0.39, 0.29) is 12.0 Å². The molecule has 0 aromatic rings. The quantitative estimate of drug-likeness (QED) is 0.695. The summed E-state index contributed by atoms with van der Waals surface area (Å²) in [5.41, 5.74) is 0. The molecule has 13 heavy (non-hydrogen) atoms. The summed E-state index contributed by atoms with van der Waals surface area (Å²) in [7, 11) is 1.44. The van der Waals surface area contributed by atoms with Gasteiger partial charge in [-0.25, -0.2) is 0 Å². The molecule has 0 unspecified atom stereocenters. The Hall–Kier alpha value is -0.220. The van der Waals surface area contributed by atoms with Crippen molar-refractivity contribution < 1.29 is 9.53 Å². The number of ether oxygens (including phenoxy) is 1. The van der Waals surface area contributed by atoms with Crippen LogP contribution in [0.5, 0.6) is 0 Å². The van der Waals surface area contributed by atoms with Crippen LogP contribution in [-0.2, 0) is 9.53 Å². The van der Waals surface area contributed by atoms with Gasteiger partial charge in [0.2, 0.25) is 0 Å². The van der Waals surface area contributed by atoms with Crippen molar-refractivity contribution in [2.45, 2.75) is 36.8 Å². The Kier molecular flexibility index (Phi) is 4.06. The molecule has 1 saturated heterocycles. The lowest BCUT2D eigenvalue weighted by molar-refractivity contribution is -0.142. The van der Waals surface area contributed by atoms with Gasteiger partial charge in [0, 0.05) is 11.8 Å². The zero-order valence-corrected chi connectivity index (χ0v) is 9.19. The third kappa shape index (κ3) is 3.19. The van der Waals surface area contributed by atoms with Gasteiger partial charge < -0.3 is 10.1 Å². The highest BCUT2D eigenvalue weighted by molar-refractivity contribution is 8.00. The summed E-state index contributed by atoms with van der Waals surface area (Å²) < 4.78 is 4.68. The molecular formula is C9H17NO2S. The molecule has 0 amide bonds. The zero-order valence-electron chi connectivity index (χ0n) is 8.37. The van der Waals surface area contributed by atoms with Crippen LogP contribution >= 0.6 is 11.8 Å². The fourth-order valence-corrected chi connectivity index (χ4v) is 2.78. The fourth-order valence-electron chi connectivity index (χ4n) is 1.51. The maximum atomic E-state index is 11.2. The van der Waals surface area contributed by atoms with E-state index in [1.54, 1.807) is 0 Å². The standard InChI is InChI=1S/C9H17NO2S/c1-6(2)13-7-4-8(10-5-7)9(11)12-3/h6-8,10H,4-5H2,1-3H3/t7-,8+/m1/s1. The van der Waals surface area contributed by atoms with Gasteiger partial charge in [0.15, 0.2) is 0 Å². The summed E-state index contributed by atoms with van der Waals surface area (Å²) in [6.45, 7) is 5.27. The molecule has 0 aromatic heterocycles. The molecule has 4 heteroatoms. The molecule has 1 aliphatic heterocycles. The van der Waals surface area contributed by atoms with E-state index in [2.05, 4.69) is 23.9 Å². The Morgan fingerprint density at radius 1 is 1.62 bits per heavy atom. The predicted molar refractivity (Wildman–Crippen MR) is 54.9 cm³/mol. The first-order valence-electron chi connectivity index (χ1n) is 4.60. The van der Waals surface area contributed by atoms with E-state index in [1.807, 2.05) is 11.8 Å². The summed E-state index contributed by atoms with van der Waals surface area (Å²) in [5.74, 6) is -0.133. The third-order valence-electron chi connectivity index (χ3n) is 2.04. The van der Waals surface area contributed by atoms with Gasteiger partial charge in [0.05, 0.1) is 7.11 Å². The molecule has 76 valence electrons. The normalized spacial score (nSPS) is 28.0. The Morgan fingerprint density at radius 3 is 2.85 bits per heavy atom. The van der Waals surface area contributed by atoms with Gasteiger partial charge >= 0.3 is 5.97 Å². The number of hydrogen-bond donors (Lipinski definition) is 1. The first-order chi connectivity index (χ1) is 6.13. The second-order valence-electron chi connectivity index (χ2n) is 3.53. The first-order valence-corrected chi connectivity index (χ1v) is 5.54. The lowest BCUT2D eigenvalue weighted by Gasteiger charge is -2.10. The van der Waals surface area contributed by atoms with Crippen LogP contribution in [0.2, 0.25) is 0 Å². The van der Waals surface area contributed by atoms with Gasteiger partial charge in [0.1, 0.15) is 6.04 Å². The van der Waals surface area contributed by atoms with E-state index in [9.17, 15) is 4.79 Å². The molecule has 2 atom stereocenters. The Balaban J connectivity index is 2.32. The summed E-state index contributed by atoms with van der Waals surface area (Å²) in [6, 6.07) is -0.0822. The monoisotopic (exact) mass is 203 g/mol. The second kappa shape index (κ2) is 4.86. The van der Waals surface area contributed by atoms with E-state index in [0.717, 1.165) is 13.0 Å². The minimum absolute atomic E-state index is 0.0822. The van der Waals surface area contributed by atoms with Crippen LogP contribution < -0.4 is 5.32 Å². The number of rotatable bonds is 3. The van der Waals surface area contributed by atoms with Gasteiger partial charge in [-0.3, -0.25) is 4.79 Å². The largest absolute Gasteiger partial charge is 0.468 e. The number of esters is 1. The van der Waals surface area contributed by atoms with Crippen LogP contribution in [0.3, 0.4) is 0 Å². The van der Waals surface area contributed by atoms with Crippen LogP contribution in [0.4, 0.5) is 0 Å². The van der Waals surface area contributed by atoms with Gasteiger partial charge in [0.25, 0.3) is 0 Å². The Morgan fingerprint density at radius 2 is 2.31 bits per heavy atom. The summed E-state index contributed by atoms with van der Waals surface area (Å²) in [4.78, 5) is 11.2. The van der Waals surface area contributed by atoms with E-state index in [1.165, 1.54) is 7.11 Å². The average molecular weight is 203 g/mol. The van der Waals surface area contributed by atoms with Crippen molar-refractivity contribution in [2.75, 3.05) is 13.7 Å². The van der Waals surface area contributed by atoms with E-state index in [0.29, 0.717) is 10.5 Å². The molecule has 3 nitrogen and oxygen atoms in total. The highest BCUT2D eigenvalue weighted by Gasteiger charge is 2.30. The highest BCUT2D eigenvalue weighted by atomic mass is 32.2. The van der Waals surface area contributed by atoms with Crippen molar-refractivity contribution in [1.29, 1.82) is 0 Å². The van der Waals surface area contributed by atoms with Crippen LogP contribution in [0, 0.1) is 0 Å². The van der Waals surface area contributed by atoms with E-state index >= 15 is 0 Å². The molecule has 0 bridgehead atoms. The van der Waals surface area contributed by atoms with Gasteiger partial charge in [-0.05, 0) is 11.7 Å². The molecule has 0 radical (unpaired) electrons. The van der Waals surface area contributed by atoms with Crippen molar-refractivity contribution in [1.82, 2.24) is 5.32 Å². The number of nitrogens with one attached hydrogen (secondary N) is 1. The maximum Gasteiger partial charge on any atom is 0.322 e. The molecule has 1 N–H and O–H groups in total. The SMILES string of the molecule is COC(=O)[C@@H]1C[C@@H](SC(C)C)CN1. The molecule has 1 aliphatic rings. The highest BCUT2D eigenvalue weighted by Crippen LogP contribution is 2.25. The number of methoxy groups -OCH3 is 1. The van der Waals surface area contributed by atoms with Crippen molar-refractivity contribution in [2.24, 2.45) is 0 Å². The maximum absolute atomic E-state index is 11.2. The smallest absolute Gasteiger partial charge is 0.322 e. The minimum Gasteiger partial charge on any atom is -0.468 e. The molecule has 1 heterocycles. The van der Waals surface area contributed by atoms with Crippen molar-refractivity contribution in [3.63, 3.8) is 0 Å². The van der Waals surface area contributed by atoms with Crippen LogP contribution in [0.25, 0.3) is 0 Å². The minimum atomic E-state index is -0.133. The van der Waals surface area contributed by atoms with E-state index < -0.39 is 0 Å². The summed E-state index contributed by atoms with van der Waals surface area (Å²) in [6.07, 6.45) is 0.898. The molecule has 0 aliphatic carbocycles. The van der Waals surface area contributed by atoms with Crippen LogP contribution in [0.15, 0.2) is 0 Å². The lowest BCUT2D eigenvalue weighted by Crippen LogP contribution is -2.31. The van der Waals surface area contributed by atoms with Crippen LogP contribution in [0.1, 0.15) is 20.3 Å². The fraction of sp³-hybridized carbons (Fsp3) is 0.889. The molecule has 0 saturated carbocycles. The van der Waals surface area contributed by atoms with Gasteiger partial charge in [-0.15, -0.1) is 0 Å². The molecule has 1 rings (SSSR count). The third-order valence-corrected chi connectivity index (χ3v) is 3.33. The Labute approximate surface area is 83.6 Å². The average Bonchev–Trinajstić information content (AvgIpc) is 2.50. The number of carbonyl (C=O) groups excluding carboxylic acids is 1. The van der Waals surface area contributed by atoms with Gasteiger partial charge in [-0.2, -0.15) is 11.8 Å². The molecule has 1 fully saturated rings. The number of thioether (sulfide) groups is 1. The molecule has 0 aromatic carbocycles. The van der Waals surface area contributed by atoms with Crippen molar-refractivity contribution >= 4 is 17.7 Å². The second-order valence-corrected chi connectivity index (χ2v) is 5.41. The number of carbonyl (C=O) groups is 1. The van der Waals surface area contributed by atoms with E-state index in [4.69, 9.17) is 0 Å². The lowest BCUT2D eigenvalue weighted by atomic mass is 10.2. The molecular weight excluding hydrogens is 186 g/mol. The zero-order chi connectivity index (χ0) is 9.84. The first kappa shape index (κ1) is 10.9. The molecule has 0 spiro atoms. The van der Waals surface area contributed by atoms with Crippen molar-refractivity contribution in [3.8, 4) is 0 Å². The summed E-state index contributed by atoms with van der Waals surface area (Å²) in [5, 5.41) is 4.35. The van der Waals surface area contributed by atoms with Crippen LogP contribution in [-0.4, -0.2) is 36.2 Å². The topological polar surface area (TPSA) is 38.3 Å². The van der Waals surface area contributed by atoms with Gasteiger partial charge in [-0.1, -0.05) is 13.8 Å². The van der Waals surface area contributed by atoms with Crippen molar-refractivity contribution in [3.05, 3.63) is 0 Å². The Bertz CT molecular complexity index is 184. The summed E-state index contributed by atoms with van der Waals surface area (Å²) >= 11 is 1.92.